The molecule has 0 atom stereocenters. The summed E-state index contributed by atoms with van der Waals surface area (Å²) in [6.07, 6.45) is 1.93. The predicted molar refractivity (Wildman–Crippen MR) is 88.8 cm³/mol. The Labute approximate surface area is 129 Å². The van der Waals surface area contributed by atoms with Crippen molar-refractivity contribution in [1.29, 1.82) is 0 Å². The van der Waals surface area contributed by atoms with E-state index in [1.54, 1.807) is 0 Å². The highest BCUT2D eigenvalue weighted by Crippen LogP contribution is 2.25. The van der Waals surface area contributed by atoms with Crippen molar-refractivity contribution < 1.29 is 4.57 Å². The lowest BCUT2D eigenvalue weighted by Gasteiger charge is -2.10. The van der Waals surface area contributed by atoms with E-state index in [0.717, 1.165) is 11.3 Å². The molecule has 0 radical (unpaired) electrons. The van der Waals surface area contributed by atoms with E-state index >= 15 is 0 Å². The van der Waals surface area contributed by atoms with E-state index in [2.05, 4.69) is 83.4 Å². The quantitative estimate of drug-likeness (QED) is 0.490. The van der Waals surface area contributed by atoms with E-state index in [-0.39, 0.29) is 0 Å². The average molecular weight is 288 g/mol. The number of benzene rings is 1. The predicted octanol–water partition coefficient (Wildman–Crippen LogP) is 3.60. The summed E-state index contributed by atoms with van der Waals surface area (Å²) in [6.45, 7) is 4.26. The Morgan fingerprint density at radius 2 is 1.77 bits per heavy atom. The summed E-state index contributed by atoms with van der Waals surface area (Å²) in [5.74, 6) is 0. The third-order valence-corrected chi connectivity index (χ3v) is 4.37. The van der Waals surface area contributed by atoms with Crippen molar-refractivity contribution >= 4 is 16.6 Å². The van der Waals surface area contributed by atoms with E-state index in [1.807, 2.05) is 6.20 Å². The van der Waals surface area contributed by atoms with Crippen molar-refractivity contribution in [1.82, 2.24) is 9.38 Å². The fraction of sp³-hybridized carbons (Fsp3) is 0.158. The maximum Gasteiger partial charge on any atom is 0.230 e. The first-order chi connectivity index (χ1) is 10.7. The smallest absolute Gasteiger partial charge is 0.230 e. The number of hydrogen-bond donors (Lipinski definition) is 0. The highest BCUT2D eigenvalue weighted by molar-refractivity contribution is 5.77. The molecule has 4 rings (SSSR count). The van der Waals surface area contributed by atoms with Gasteiger partial charge in [0, 0.05) is 29.4 Å². The minimum absolute atomic E-state index is 0.992. The number of imidazole rings is 1. The molecule has 3 heterocycles. The molecule has 3 heteroatoms. The third-order valence-electron chi connectivity index (χ3n) is 4.37. The van der Waals surface area contributed by atoms with Crippen LogP contribution in [0.25, 0.3) is 27.9 Å². The molecule has 0 aliphatic carbocycles. The van der Waals surface area contributed by atoms with E-state index in [1.165, 1.54) is 27.9 Å². The van der Waals surface area contributed by atoms with Gasteiger partial charge in [-0.25, -0.2) is 4.98 Å². The van der Waals surface area contributed by atoms with Crippen LogP contribution in [0.5, 0.6) is 0 Å². The first kappa shape index (κ1) is 13.0. The second-order valence-electron chi connectivity index (χ2n) is 5.79. The van der Waals surface area contributed by atoms with Crippen molar-refractivity contribution in [3.05, 3.63) is 66.0 Å². The van der Waals surface area contributed by atoms with Crippen LogP contribution < -0.4 is 4.57 Å². The van der Waals surface area contributed by atoms with Crippen LogP contribution >= 0.6 is 0 Å². The van der Waals surface area contributed by atoms with Gasteiger partial charge in [-0.1, -0.05) is 18.2 Å². The standard InChI is InChI=1S/C19H18N3/c1-13-8-11-18-20-12-14(2)22(18)19(13)17-10-9-15-6-4-5-7-16(15)21(17)3/h4-12H,1-3H3/q+1. The second-order valence-corrected chi connectivity index (χ2v) is 5.79. The SMILES string of the molecule is Cc1ccc2ncc(C)n2c1-c1ccc2ccccc2[n+]1C. The fourth-order valence-corrected chi connectivity index (χ4v) is 3.22. The van der Waals surface area contributed by atoms with Crippen LogP contribution in [0, 0.1) is 13.8 Å². The van der Waals surface area contributed by atoms with Crippen LogP contribution in [0.3, 0.4) is 0 Å². The topological polar surface area (TPSA) is 21.2 Å². The van der Waals surface area contributed by atoms with Gasteiger partial charge in [0.15, 0.2) is 0 Å². The van der Waals surface area contributed by atoms with Crippen molar-refractivity contribution in [3.8, 4) is 11.4 Å². The number of aryl methyl sites for hydroxylation is 3. The molecule has 4 aromatic rings. The third kappa shape index (κ3) is 1.75. The summed E-state index contributed by atoms with van der Waals surface area (Å²) in [5, 5.41) is 1.25. The molecule has 0 fully saturated rings. The fourth-order valence-electron chi connectivity index (χ4n) is 3.22. The van der Waals surface area contributed by atoms with Crippen LogP contribution in [0.2, 0.25) is 0 Å². The van der Waals surface area contributed by atoms with Gasteiger partial charge in [-0.3, -0.25) is 4.40 Å². The zero-order valence-electron chi connectivity index (χ0n) is 13.0. The van der Waals surface area contributed by atoms with Crippen molar-refractivity contribution in [3.63, 3.8) is 0 Å². The Morgan fingerprint density at radius 3 is 2.64 bits per heavy atom. The van der Waals surface area contributed by atoms with Gasteiger partial charge in [0.1, 0.15) is 18.4 Å². The molecular formula is C19H18N3+. The summed E-state index contributed by atoms with van der Waals surface area (Å²) >= 11 is 0. The molecule has 0 spiro atoms. The maximum atomic E-state index is 4.49. The number of aromatic nitrogens is 3. The molecule has 1 aromatic carbocycles. The van der Waals surface area contributed by atoms with Crippen LogP contribution in [-0.4, -0.2) is 9.38 Å². The monoisotopic (exact) mass is 288 g/mol. The minimum atomic E-state index is 0.992. The normalized spacial score (nSPS) is 11.4. The van der Waals surface area contributed by atoms with Crippen molar-refractivity contribution in [2.24, 2.45) is 7.05 Å². The van der Waals surface area contributed by atoms with Gasteiger partial charge in [-0.2, -0.15) is 4.57 Å². The number of fused-ring (bicyclic) bond motifs is 2. The van der Waals surface area contributed by atoms with E-state index in [9.17, 15) is 0 Å². The van der Waals surface area contributed by atoms with E-state index < -0.39 is 0 Å². The second kappa shape index (κ2) is 4.67. The highest BCUT2D eigenvalue weighted by Gasteiger charge is 2.19. The summed E-state index contributed by atoms with van der Waals surface area (Å²) in [5.41, 5.74) is 7.03. The summed E-state index contributed by atoms with van der Waals surface area (Å²) in [6, 6.07) is 17.1. The average Bonchev–Trinajstić information content (AvgIpc) is 2.90. The Morgan fingerprint density at radius 1 is 0.955 bits per heavy atom. The van der Waals surface area contributed by atoms with E-state index in [0.29, 0.717) is 0 Å². The molecule has 0 saturated heterocycles. The molecule has 0 amide bonds. The van der Waals surface area contributed by atoms with Gasteiger partial charge in [-0.05, 0) is 37.6 Å². The van der Waals surface area contributed by atoms with Gasteiger partial charge < -0.3 is 0 Å². The Hall–Kier alpha value is -2.68. The zero-order valence-corrected chi connectivity index (χ0v) is 13.0. The molecule has 0 unspecified atom stereocenters. The van der Waals surface area contributed by atoms with Gasteiger partial charge in [0.25, 0.3) is 0 Å². The van der Waals surface area contributed by atoms with Gasteiger partial charge in [0.2, 0.25) is 11.2 Å². The van der Waals surface area contributed by atoms with E-state index in [4.69, 9.17) is 0 Å². The van der Waals surface area contributed by atoms with Gasteiger partial charge in [0.05, 0.1) is 0 Å². The van der Waals surface area contributed by atoms with Gasteiger partial charge >= 0.3 is 0 Å². The van der Waals surface area contributed by atoms with Crippen LogP contribution in [0.1, 0.15) is 11.3 Å². The zero-order chi connectivity index (χ0) is 15.3. The minimum Gasteiger partial charge on any atom is -0.291 e. The Balaban J connectivity index is 2.14. The maximum absolute atomic E-state index is 4.49. The molecule has 0 saturated carbocycles. The number of hydrogen-bond acceptors (Lipinski definition) is 1. The molecule has 0 aliphatic rings. The summed E-state index contributed by atoms with van der Waals surface area (Å²) in [4.78, 5) is 4.49. The lowest BCUT2D eigenvalue weighted by Crippen LogP contribution is -2.32. The molecule has 3 aromatic heterocycles. The molecule has 108 valence electrons. The largest absolute Gasteiger partial charge is 0.291 e. The summed E-state index contributed by atoms with van der Waals surface area (Å²) in [7, 11) is 2.13. The molecular weight excluding hydrogens is 270 g/mol. The molecule has 0 N–H and O–H groups in total. The Bertz CT molecular complexity index is 1010. The first-order valence-corrected chi connectivity index (χ1v) is 7.48. The van der Waals surface area contributed by atoms with Gasteiger partial charge in [-0.15, -0.1) is 0 Å². The first-order valence-electron chi connectivity index (χ1n) is 7.48. The number of para-hydroxylation sites is 1. The number of rotatable bonds is 1. The van der Waals surface area contributed by atoms with Crippen LogP contribution in [0.15, 0.2) is 54.7 Å². The lowest BCUT2D eigenvalue weighted by molar-refractivity contribution is -0.633. The molecule has 0 aliphatic heterocycles. The highest BCUT2D eigenvalue weighted by atomic mass is 15.0. The molecule has 0 bridgehead atoms. The summed E-state index contributed by atoms with van der Waals surface area (Å²) < 4.78 is 4.50. The van der Waals surface area contributed by atoms with Crippen LogP contribution in [-0.2, 0) is 7.05 Å². The molecule has 3 nitrogen and oxygen atoms in total. The molecule has 22 heavy (non-hydrogen) atoms. The number of nitrogens with zero attached hydrogens (tertiary/aromatic N) is 3. The number of pyridine rings is 2. The Kier molecular flexibility index (Phi) is 2.76. The lowest BCUT2D eigenvalue weighted by atomic mass is 10.1. The van der Waals surface area contributed by atoms with Crippen LogP contribution in [0.4, 0.5) is 0 Å². The van der Waals surface area contributed by atoms with Crippen molar-refractivity contribution in [2.75, 3.05) is 0 Å². The van der Waals surface area contributed by atoms with Crippen molar-refractivity contribution in [2.45, 2.75) is 13.8 Å².